The van der Waals surface area contributed by atoms with E-state index in [-0.39, 0.29) is 12.4 Å². The van der Waals surface area contributed by atoms with Gasteiger partial charge in [0.1, 0.15) is 6.54 Å². The van der Waals surface area contributed by atoms with Gasteiger partial charge in [0, 0.05) is 24.5 Å². The molecule has 4 nitrogen and oxygen atoms in total. The zero-order chi connectivity index (χ0) is 16.3. The first-order valence-electron chi connectivity index (χ1n) is 9.12. The van der Waals surface area contributed by atoms with Crippen LogP contribution in [0.1, 0.15) is 31.2 Å². The molecule has 5 heteroatoms. The van der Waals surface area contributed by atoms with Gasteiger partial charge in [-0.25, -0.2) is 0 Å². The Morgan fingerprint density at radius 2 is 2.00 bits per heavy atom. The first-order valence-corrected chi connectivity index (χ1v) is 9.12. The predicted octanol–water partition coefficient (Wildman–Crippen LogP) is -0.193. The number of nitrogen functional groups attached to an aromatic ring is 1. The van der Waals surface area contributed by atoms with Crippen LogP contribution in [0.2, 0.25) is 0 Å². The average molecular weight is 354 g/mol. The molecule has 3 rings (SSSR count). The van der Waals surface area contributed by atoms with Gasteiger partial charge in [-0.15, -0.1) is 0 Å². The summed E-state index contributed by atoms with van der Waals surface area (Å²) in [4.78, 5) is 2.42. The second-order valence-corrected chi connectivity index (χ2v) is 7.62. The van der Waals surface area contributed by atoms with Crippen LogP contribution < -0.4 is 23.0 Å². The molecule has 0 spiro atoms. The van der Waals surface area contributed by atoms with Gasteiger partial charge in [0.25, 0.3) is 0 Å². The smallest absolute Gasteiger partial charge is 0.102 e. The molecule has 0 bridgehead atoms. The number of anilines is 2. The van der Waals surface area contributed by atoms with Gasteiger partial charge in [0.2, 0.25) is 0 Å². The van der Waals surface area contributed by atoms with Crippen molar-refractivity contribution in [3.8, 4) is 0 Å². The minimum atomic E-state index is 0. The number of likely N-dealkylation sites (tertiary alicyclic amines) is 1. The van der Waals surface area contributed by atoms with Crippen LogP contribution in [0.4, 0.5) is 11.4 Å². The lowest BCUT2D eigenvalue weighted by Gasteiger charge is -2.37. The third-order valence-corrected chi connectivity index (χ3v) is 5.64. The van der Waals surface area contributed by atoms with Crippen molar-refractivity contribution in [1.29, 1.82) is 0 Å². The molecule has 2 N–H and O–H groups in total. The Bertz CT molecular complexity index is 531. The van der Waals surface area contributed by atoms with Gasteiger partial charge in [-0.2, -0.15) is 0 Å². The summed E-state index contributed by atoms with van der Waals surface area (Å²) in [6.07, 6.45) is 5.68. The summed E-state index contributed by atoms with van der Waals surface area (Å²) in [5.41, 5.74) is 9.23. The fourth-order valence-electron chi connectivity index (χ4n) is 3.89. The van der Waals surface area contributed by atoms with Gasteiger partial charge in [0.15, 0.2) is 0 Å². The van der Waals surface area contributed by atoms with Crippen molar-refractivity contribution in [2.24, 2.45) is 0 Å². The van der Waals surface area contributed by atoms with E-state index in [1.807, 2.05) is 6.07 Å². The zero-order valence-electron chi connectivity index (χ0n) is 15.1. The van der Waals surface area contributed by atoms with Crippen molar-refractivity contribution >= 4 is 11.4 Å². The monoisotopic (exact) mass is 353 g/mol. The average Bonchev–Trinajstić information content (AvgIpc) is 2.99. The molecule has 1 atom stereocenters. The second kappa shape index (κ2) is 8.41. The van der Waals surface area contributed by atoms with Crippen LogP contribution in [0.5, 0.6) is 0 Å². The number of quaternary nitrogens is 1. The third-order valence-electron chi connectivity index (χ3n) is 5.64. The number of rotatable bonds is 5. The number of piperidine rings is 1. The number of halogens is 1. The molecule has 1 aromatic rings. The summed E-state index contributed by atoms with van der Waals surface area (Å²) in [6.45, 7) is 8.88. The van der Waals surface area contributed by atoms with Crippen molar-refractivity contribution in [2.75, 3.05) is 57.0 Å². The minimum absolute atomic E-state index is 0. The van der Waals surface area contributed by atoms with Crippen molar-refractivity contribution < 1.29 is 21.6 Å². The Hall–Kier alpha value is -0.970. The quantitative estimate of drug-likeness (QED) is 0.589. The van der Waals surface area contributed by atoms with Gasteiger partial charge in [-0.3, -0.25) is 0 Å². The normalized spacial score (nSPS) is 23.1. The summed E-state index contributed by atoms with van der Waals surface area (Å²) in [7, 11) is 2.39. The molecular formula is C19H32ClN3O. The molecule has 0 radical (unpaired) electrons. The van der Waals surface area contributed by atoms with E-state index in [0.717, 1.165) is 43.9 Å². The molecule has 0 saturated carbocycles. The highest BCUT2D eigenvalue weighted by Crippen LogP contribution is 2.25. The first-order chi connectivity index (χ1) is 11.1. The molecular weight excluding hydrogens is 322 g/mol. The van der Waals surface area contributed by atoms with E-state index < -0.39 is 0 Å². The van der Waals surface area contributed by atoms with Gasteiger partial charge in [-0.05, 0) is 56.4 Å². The number of hydrogen-bond acceptors (Lipinski definition) is 3. The van der Waals surface area contributed by atoms with Crippen LogP contribution >= 0.6 is 0 Å². The van der Waals surface area contributed by atoms with Crippen LogP contribution in [0.3, 0.4) is 0 Å². The summed E-state index contributed by atoms with van der Waals surface area (Å²) < 4.78 is 7.40. The Kier molecular flexibility index (Phi) is 6.79. The molecule has 1 unspecified atom stereocenters. The van der Waals surface area contributed by atoms with Crippen molar-refractivity contribution in [1.82, 2.24) is 0 Å². The van der Waals surface area contributed by atoms with Gasteiger partial charge < -0.3 is 32.3 Å². The minimum Gasteiger partial charge on any atom is -1.00 e. The van der Waals surface area contributed by atoms with Crippen LogP contribution in [-0.4, -0.2) is 57.0 Å². The topological polar surface area (TPSA) is 38.5 Å². The molecule has 0 amide bonds. The lowest BCUT2D eigenvalue weighted by Crippen LogP contribution is -3.00. The number of aryl methyl sites for hydroxylation is 1. The standard InChI is InChI=1S/C19H32N3O.ClH/c1-16-14-17(6-7-19(16)20)21-9-8-18(15-21)23-13-12-22(2)10-4-3-5-11-22;/h6-7,14,18H,3-5,8-13,15,20H2,1-2H3;1H/q+1;/p-1. The van der Waals surface area contributed by atoms with Crippen molar-refractivity contribution in [3.05, 3.63) is 23.8 Å². The molecule has 2 heterocycles. The molecule has 136 valence electrons. The summed E-state index contributed by atoms with van der Waals surface area (Å²) in [5, 5.41) is 0. The number of nitrogens with two attached hydrogens (primary N) is 1. The molecule has 1 aromatic carbocycles. The van der Waals surface area contributed by atoms with Crippen LogP contribution in [0, 0.1) is 6.92 Å². The largest absolute Gasteiger partial charge is 1.00 e. The Morgan fingerprint density at radius 1 is 1.25 bits per heavy atom. The molecule has 2 fully saturated rings. The highest BCUT2D eigenvalue weighted by molar-refractivity contribution is 5.58. The van der Waals surface area contributed by atoms with Crippen molar-refractivity contribution in [3.63, 3.8) is 0 Å². The lowest BCUT2D eigenvalue weighted by molar-refractivity contribution is -0.914. The van der Waals surface area contributed by atoms with E-state index >= 15 is 0 Å². The molecule has 2 aliphatic heterocycles. The highest BCUT2D eigenvalue weighted by Gasteiger charge is 2.27. The first kappa shape index (κ1) is 19.4. The molecule has 0 aliphatic carbocycles. The lowest BCUT2D eigenvalue weighted by atomic mass is 10.1. The van der Waals surface area contributed by atoms with Gasteiger partial charge >= 0.3 is 0 Å². The zero-order valence-corrected chi connectivity index (χ0v) is 15.9. The summed E-state index contributed by atoms with van der Waals surface area (Å²) in [6, 6.07) is 6.34. The second-order valence-electron chi connectivity index (χ2n) is 7.62. The van der Waals surface area contributed by atoms with E-state index in [4.69, 9.17) is 10.5 Å². The van der Waals surface area contributed by atoms with Crippen molar-refractivity contribution in [2.45, 2.75) is 38.7 Å². The SMILES string of the molecule is Cc1cc(N2CCC(OCC[N+]3(C)CCCCC3)C2)ccc1N.[Cl-]. The fraction of sp³-hybridized carbons (Fsp3) is 0.684. The highest BCUT2D eigenvalue weighted by atomic mass is 35.5. The van der Waals surface area contributed by atoms with Gasteiger partial charge in [0.05, 0.1) is 32.8 Å². The number of likely N-dealkylation sites (N-methyl/N-ethyl adjacent to an activating group) is 1. The van der Waals surface area contributed by atoms with Gasteiger partial charge in [-0.1, -0.05) is 0 Å². The summed E-state index contributed by atoms with van der Waals surface area (Å²) in [5.74, 6) is 0. The molecule has 2 aliphatic rings. The van der Waals surface area contributed by atoms with E-state index in [1.165, 1.54) is 42.5 Å². The Labute approximate surface area is 153 Å². The van der Waals surface area contributed by atoms with Crippen LogP contribution in [0.15, 0.2) is 18.2 Å². The van der Waals surface area contributed by atoms with Crippen LogP contribution in [-0.2, 0) is 4.74 Å². The van der Waals surface area contributed by atoms with E-state index in [0.29, 0.717) is 6.10 Å². The molecule has 0 aromatic heterocycles. The number of benzene rings is 1. The maximum atomic E-state index is 6.19. The Balaban J connectivity index is 0.00000208. The third kappa shape index (κ3) is 4.78. The molecule has 24 heavy (non-hydrogen) atoms. The predicted molar refractivity (Wildman–Crippen MR) is 96.8 cm³/mol. The number of nitrogens with zero attached hydrogens (tertiary/aromatic N) is 2. The number of hydrogen-bond donors (Lipinski definition) is 1. The van der Waals surface area contributed by atoms with E-state index in [2.05, 4.69) is 31.0 Å². The van der Waals surface area contributed by atoms with Crippen LogP contribution in [0.25, 0.3) is 0 Å². The Morgan fingerprint density at radius 3 is 2.71 bits per heavy atom. The fourth-order valence-corrected chi connectivity index (χ4v) is 3.89. The maximum absolute atomic E-state index is 6.19. The molecule has 2 saturated heterocycles. The van der Waals surface area contributed by atoms with E-state index in [9.17, 15) is 0 Å². The number of ether oxygens (including phenoxy) is 1. The van der Waals surface area contributed by atoms with E-state index in [1.54, 1.807) is 0 Å². The maximum Gasteiger partial charge on any atom is 0.102 e. The summed E-state index contributed by atoms with van der Waals surface area (Å²) >= 11 is 0.